The molecule has 4 rings (SSSR count). The number of rotatable bonds is 6. The maximum absolute atomic E-state index is 14.1. The van der Waals surface area contributed by atoms with E-state index >= 15 is 0 Å². The summed E-state index contributed by atoms with van der Waals surface area (Å²) in [6.07, 6.45) is 1.28. The Labute approximate surface area is 177 Å². The number of aromatic nitrogens is 1. The van der Waals surface area contributed by atoms with Crippen molar-refractivity contribution in [2.75, 3.05) is 25.1 Å². The second-order valence-electron chi connectivity index (χ2n) is 7.57. The molecule has 0 atom stereocenters. The van der Waals surface area contributed by atoms with Gasteiger partial charge in [0.1, 0.15) is 23.2 Å². The van der Waals surface area contributed by atoms with Crippen LogP contribution in [0, 0.1) is 11.6 Å². The first kappa shape index (κ1) is 21.0. The zero-order valence-corrected chi connectivity index (χ0v) is 16.7. The molecular weight excluding hydrogens is 406 g/mol. The van der Waals surface area contributed by atoms with E-state index < -0.39 is 17.6 Å². The minimum atomic E-state index is -0.953. The highest BCUT2D eigenvalue weighted by Gasteiger charge is 2.26. The number of fused-ring (bicyclic) bond motifs is 1. The van der Waals surface area contributed by atoms with Crippen LogP contribution in [0.4, 0.5) is 14.6 Å². The summed E-state index contributed by atoms with van der Waals surface area (Å²) in [5.74, 6) is -1.88. The van der Waals surface area contributed by atoms with Gasteiger partial charge in [-0.1, -0.05) is 0 Å². The minimum Gasteiger partial charge on any atom is -0.508 e. The van der Waals surface area contributed by atoms with E-state index in [0.29, 0.717) is 53.9 Å². The van der Waals surface area contributed by atoms with Gasteiger partial charge in [0.2, 0.25) is 0 Å². The number of halogens is 2. The summed E-state index contributed by atoms with van der Waals surface area (Å²) < 4.78 is 33.8. The van der Waals surface area contributed by atoms with Crippen LogP contribution in [0.1, 0.15) is 30.7 Å². The van der Waals surface area contributed by atoms with Gasteiger partial charge in [-0.25, -0.2) is 13.8 Å². The Morgan fingerprint density at radius 2 is 1.84 bits per heavy atom. The molecule has 0 bridgehead atoms. The second kappa shape index (κ2) is 8.85. The van der Waals surface area contributed by atoms with Crippen LogP contribution in [0.5, 0.6) is 5.75 Å². The molecule has 1 aromatic heterocycles. The molecule has 0 unspecified atom stereocenters. The fraction of sp³-hybridized carbons (Fsp3) is 0.304. The van der Waals surface area contributed by atoms with Gasteiger partial charge in [-0.2, -0.15) is 0 Å². The predicted molar refractivity (Wildman–Crippen MR) is 112 cm³/mol. The summed E-state index contributed by atoms with van der Waals surface area (Å²) in [7, 11) is 0. The first-order valence-corrected chi connectivity index (χ1v) is 10.1. The molecule has 8 heteroatoms. The summed E-state index contributed by atoms with van der Waals surface area (Å²) in [5, 5.41) is 22.7. The van der Waals surface area contributed by atoms with Crippen molar-refractivity contribution >= 4 is 22.7 Å². The van der Waals surface area contributed by atoms with E-state index in [2.05, 4.69) is 10.3 Å². The molecule has 0 saturated carbocycles. The molecule has 2 aromatic carbocycles. The Kier molecular flexibility index (Phi) is 5.99. The van der Waals surface area contributed by atoms with E-state index in [4.69, 9.17) is 9.84 Å². The Morgan fingerprint density at radius 1 is 1.13 bits per heavy atom. The van der Waals surface area contributed by atoms with Gasteiger partial charge >= 0.3 is 5.97 Å². The number of aliphatic carboxylic acids is 1. The van der Waals surface area contributed by atoms with Gasteiger partial charge in [0.25, 0.3) is 0 Å². The summed E-state index contributed by atoms with van der Waals surface area (Å²) in [5.41, 5.74) is 2.19. The smallest absolute Gasteiger partial charge is 0.305 e. The molecule has 3 aromatic rings. The number of nitrogens with zero attached hydrogens (tertiary/aromatic N) is 1. The van der Waals surface area contributed by atoms with Gasteiger partial charge in [0.15, 0.2) is 0 Å². The molecule has 1 saturated heterocycles. The van der Waals surface area contributed by atoms with E-state index in [0.717, 1.165) is 11.6 Å². The van der Waals surface area contributed by atoms with Crippen molar-refractivity contribution in [3.8, 4) is 16.9 Å². The predicted octanol–water partition coefficient (Wildman–Crippen LogP) is 4.67. The molecule has 1 aliphatic heterocycles. The first-order valence-electron chi connectivity index (χ1n) is 10.1. The van der Waals surface area contributed by atoms with Crippen molar-refractivity contribution in [2.45, 2.75) is 25.2 Å². The van der Waals surface area contributed by atoms with Gasteiger partial charge < -0.3 is 20.3 Å². The molecule has 0 aliphatic carbocycles. The van der Waals surface area contributed by atoms with Gasteiger partial charge in [0.05, 0.1) is 11.9 Å². The van der Waals surface area contributed by atoms with Crippen molar-refractivity contribution in [2.24, 2.45) is 0 Å². The van der Waals surface area contributed by atoms with Crippen LogP contribution in [-0.2, 0) is 9.53 Å². The average molecular weight is 428 g/mol. The highest BCUT2D eigenvalue weighted by molar-refractivity contribution is 5.99. The number of phenols is 1. The number of carbonyl (C=O) groups is 1. The Morgan fingerprint density at radius 3 is 2.52 bits per heavy atom. The van der Waals surface area contributed by atoms with Crippen LogP contribution < -0.4 is 5.32 Å². The van der Waals surface area contributed by atoms with Gasteiger partial charge in [-0.05, 0) is 54.2 Å². The highest BCUT2D eigenvalue weighted by Crippen LogP contribution is 2.43. The summed E-state index contributed by atoms with van der Waals surface area (Å²) in [4.78, 5) is 15.6. The Bertz CT molecular complexity index is 1110. The Hall–Kier alpha value is -3.26. The van der Waals surface area contributed by atoms with E-state index in [1.54, 1.807) is 6.07 Å². The van der Waals surface area contributed by atoms with Gasteiger partial charge in [-0.15, -0.1) is 0 Å². The number of carboxylic acid groups (broad SMARTS) is 1. The summed E-state index contributed by atoms with van der Waals surface area (Å²) in [6.45, 7) is 1.23. The molecule has 162 valence electrons. The van der Waals surface area contributed by atoms with Crippen molar-refractivity contribution in [1.82, 2.24) is 4.98 Å². The molecule has 6 nitrogen and oxygen atoms in total. The number of carboxylic acids is 1. The average Bonchev–Trinajstić information content (AvgIpc) is 2.72. The number of hydrogen-bond donors (Lipinski definition) is 3. The van der Waals surface area contributed by atoms with Crippen molar-refractivity contribution in [1.29, 1.82) is 0 Å². The van der Waals surface area contributed by atoms with Crippen LogP contribution in [0.2, 0.25) is 0 Å². The maximum Gasteiger partial charge on any atom is 0.305 e. The molecule has 1 fully saturated rings. The number of anilines is 1. The standard InChI is InChI=1S/C23H22F2N2O4/c24-15-9-14(10-16(25)11-15)21-18-2-1-17(28)12-19(18)27-23(26-6-3-20(29)30)22(21)13-4-7-31-8-5-13/h1-2,9-13,28H,3-8H2,(H,26,27)(H,29,30). The molecule has 3 N–H and O–H groups in total. The number of ether oxygens (including phenoxy) is 1. The highest BCUT2D eigenvalue weighted by atomic mass is 19.1. The molecule has 0 radical (unpaired) electrons. The number of phenolic OH excluding ortho intramolecular Hbond substituents is 1. The SMILES string of the molecule is O=C(O)CCNc1nc2cc(O)ccc2c(-c2cc(F)cc(F)c2)c1C1CCOCC1. The minimum absolute atomic E-state index is 0.00618. The van der Waals surface area contributed by atoms with E-state index in [1.165, 1.54) is 24.3 Å². The quantitative estimate of drug-likeness (QED) is 0.529. The lowest BCUT2D eigenvalue weighted by Crippen LogP contribution is -2.18. The molecule has 0 amide bonds. The topological polar surface area (TPSA) is 91.7 Å². The van der Waals surface area contributed by atoms with E-state index in [9.17, 15) is 18.7 Å². The molecule has 2 heterocycles. The zero-order chi connectivity index (χ0) is 22.0. The lowest BCUT2D eigenvalue weighted by Gasteiger charge is -2.28. The fourth-order valence-corrected chi connectivity index (χ4v) is 4.08. The molecule has 1 aliphatic rings. The summed E-state index contributed by atoms with van der Waals surface area (Å²) in [6, 6.07) is 8.03. The third-order valence-electron chi connectivity index (χ3n) is 5.42. The van der Waals surface area contributed by atoms with Crippen LogP contribution in [0.3, 0.4) is 0 Å². The normalized spacial score (nSPS) is 14.6. The molecular formula is C23H22F2N2O4. The maximum atomic E-state index is 14.1. The Balaban J connectivity index is 1.98. The zero-order valence-electron chi connectivity index (χ0n) is 16.7. The number of benzene rings is 2. The first-order chi connectivity index (χ1) is 14.9. The largest absolute Gasteiger partial charge is 0.508 e. The number of aromatic hydroxyl groups is 1. The number of nitrogens with one attached hydrogen (secondary N) is 1. The lowest BCUT2D eigenvalue weighted by molar-refractivity contribution is -0.136. The van der Waals surface area contributed by atoms with Crippen LogP contribution in [-0.4, -0.2) is 40.9 Å². The number of hydrogen-bond acceptors (Lipinski definition) is 5. The van der Waals surface area contributed by atoms with Crippen LogP contribution >= 0.6 is 0 Å². The third-order valence-corrected chi connectivity index (χ3v) is 5.42. The van der Waals surface area contributed by atoms with Crippen LogP contribution in [0.25, 0.3) is 22.0 Å². The van der Waals surface area contributed by atoms with E-state index in [-0.39, 0.29) is 24.6 Å². The summed E-state index contributed by atoms with van der Waals surface area (Å²) >= 11 is 0. The van der Waals surface area contributed by atoms with Gasteiger partial charge in [0, 0.05) is 42.8 Å². The molecule has 0 spiro atoms. The lowest BCUT2D eigenvalue weighted by atomic mass is 9.84. The van der Waals surface area contributed by atoms with Crippen molar-refractivity contribution < 1.29 is 28.5 Å². The van der Waals surface area contributed by atoms with Crippen molar-refractivity contribution in [3.63, 3.8) is 0 Å². The molecule has 31 heavy (non-hydrogen) atoms. The fourth-order valence-electron chi connectivity index (χ4n) is 4.08. The third kappa shape index (κ3) is 4.59. The monoisotopic (exact) mass is 428 g/mol. The second-order valence-corrected chi connectivity index (χ2v) is 7.57. The van der Waals surface area contributed by atoms with Crippen molar-refractivity contribution in [3.05, 3.63) is 53.6 Å². The van der Waals surface area contributed by atoms with Gasteiger partial charge in [-0.3, -0.25) is 4.79 Å². The number of pyridine rings is 1. The van der Waals surface area contributed by atoms with Crippen LogP contribution in [0.15, 0.2) is 36.4 Å². The van der Waals surface area contributed by atoms with E-state index in [1.807, 2.05) is 0 Å².